The van der Waals surface area contributed by atoms with Crippen LogP contribution in [0.5, 0.6) is 11.6 Å². The molecule has 1 unspecified atom stereocenters. The van der Waals surface area contributed by atoms with Gasteiger partial charge in [-0.3, -0.25) is 0 Å². The van der Waals surface area contributed by atoms with Crippen LogP contribution in [0.3, 0.4) is 0 Å². The molecule has 0 saturated heterocycles. The summed E-state index contributed by atoms with van der Waals surface area (Å²) in [6, 6.07) is 9.97. The molecule has 1 aromatic carbocycles. The standard InChI is InChI=1S/C16H17BrN2O2/c1-2-20-16-6-4-13(9-19-16)18-10-14-8-11-7-12(17)3-5-15(11)21-14/h3-7,9,14,18H,2,8,10H2,1H3. The third-order valence-corrected chi connectivity index (χ3v) is 3.82. The molecule has 0 bridgehead atoms. The molecule has 5 heteroatoms. The largest absolute Gasteiger partial charge is 0.488 e. The number of halogens is 1. The maximum absolute atomic E-state index is 5.92. The first-order chi connectivity index (χ1) is 10.2. The zero-order chi connectivity index (χ0) is 14.7. The number of hydrogen-bond donors (Lipinski definition) is 1. The highest BCUT2D eigenvalue weighted by molar-refractivity contribution is 9.10. The lowest BCUT2D eigenvalue weighted by Gasteiger charge is -2.13. The van der Waals surface area contributed by atoms with E-state index in [0.29, 0.717) is 12.5 Å². The lowest BCUT2D eigenvalue weighted by atomic mass is 10.1. The second-order valence-electron chi connectivity index (χ2n) is 4.90. The van der Waals surface area contributed by atoms with Gasteiger partial charge < -0.3 is 14.8 Å². The molecule has 21 heavy (non-hydrogen) atoms. The molecule has 2 heterocycles. The molecule has 110 valence electrons. The van der Waals surface area contributed by atoms with Crippen LogP contribution in [0.15, 0.2) is 41.0 Å². The van der Waals surface area contributed by atoms with Gasteiger partial charge in [-0.15, -0.1) is 0 Å². The van der Waals surface area contributed by atoms with Crippen molar-refractivity contribution in [3.05, 3.63) is 46.6 Å². The van der Waals surface area contributed by atoms with E-state index in [4.69, 9.17) is 9.47 Å². The first-order valence-corrected chi connectivity index (χ1v) is 7.81. The number of benzene rings is 1. The van der Waals surface area contributed by atoms with E-state index in [1.54, 1.807) is 6.20 Å². The number of pyridine rings is 1. The van der Waals surface area contributed by atoms with Gasteiger partial charge in [0.05, 0.1) is 25.0 Å². The van der Waals surface area contributed by atoms with E-state index in [0.717, 1.165) is 28.9 Å². The topological polar surface area (TPSA) is 43.4 Å². The van der Waals surface area contributed by atoms with Gasteiger partial charge in [-0.05, 0) is 36.8 Å². The van der Waals surface area contributed by atoms with Gasteiger partial charge in [0, 0.05) is 17.0 Å². The van der Waals surface area contributed by atoms with Crippen molar-refractivity contribution < 1.29 is 9.47 Å². The van der Waals surface area contributed by atoms with Gasteiger partial charge in [0.2, 0.25) is 5.88 Å². The highest BCUT2D eigenvalue weighted by Gasteiger charge is 2.22. The molecule has 0 radical (unpaired) electrons. The smallest absolute Gasteiger partial charge is 0.213 e. The molecular formula is C16H17BrN2O2. The monoisotopic (exact) mass is 348 g/mol. The van der Waals surface area contributed by atoms with Crippen LogP contribution >= 0.6 is 15.9 Å². The van der Waals surface area contributed by atoms with E-state index in [9.17, 15) is 0 Å². The summed E-state index contributed by atoms with van der Waals surface area (Å²) in [5.74, 6) is 1.63. The average molecular weight is 349 g/mol. The zero-order valence-corrected chi connectivity index (χ0v) is 13.4. The molecule has 0 fully saturated rings. The van der Waals surface area contributed by atoms with Gasteiger partial charge >= 0.3 is 0 Å². The Bertz CT molecular complexity index is 616. The van der Waals surface area contributed by atoms with Gasteiger partial charge in [-0.2, -0.15) is 0 Å². The number of aromatic nitrogens is 1. The Morgan fingerprint density at radius 2 is 2.29 bits per heavy atom. The number of nitrogens with one attached hydrogen (secondary N) is 1. The quantitative estimate of drug-likeness (QED) is 0.895. The van der Waals surface area contributed by atoms with Crippen LogP contribution in [0.25, 0.3) is 0 Å². The van der Waals surface area contributed by atoms with E-state index in [1.165, 1.54) is 5.56 Å². The third kappa shape index (κ3) is 3.47. The second kappa shape index (κ2) is 6.35. The lowest BCUT2D eigenvalue weighted by molar-refractivity contribution is 0.246. The summed E-state index contributed by atoms with van der Waals surface area (Å²) >= 11 is 3.49. The molecule has 1 aliphatic heterocycles. The SMILES string of the molecule is CCOc1ccc(NCC2Cc3cc(Br)ccc3O2)cn1. The van der Waals surface area contributed by atoms with E-state index in [-0.39, 0.29) is 6.10 Å². The first-order valence-electron chi connectivity index (χ1n) is 7.02. The van der Waals surface area contributed by atoms with E-state index < -0.39 is 0 Å². The molecular weight excluding hydrogens is 332 g/mol. The normalized spacial score (nSPS) is 16.2. The minimum Gasteiger partial charge on any atom is -0.488 e. The molecule has 4 nitrogen and oxygen atoms in total. The van der Waals surface area contributed by atoms with Gasteiger partial charge in [-0.1, -0.05) is 15.9 Å². The third-order valence-electron chi connectivity index (χ3n) is 3.33. The summed E-state index contributed by atoms with van der Waals surface area (Å²) in [7, 11) is 0. The van der Waals surface area contributed by atoms with E-state index >= 15 is 0 Å². The summed E-state index contributed by atoms with van der Waals surface area (Å²) in [6.07, 6.45) is 2.86. The first kappa shape index (κ1) is 14.2. The number of rotatable bonds is 5. The summed E-state index contributed by atoms with van der Waals surface area (Å²) in [5.41, 5.74) is 2.22. The van der Waals surface area contributed by atoms with Crippen molar-refractivity contribution in [2.45, 2.75) is 19.4 Å². The molecule has 0 spiro atoms. The lowest BCUT2D eigenvalue weighted by Crippen LogP contribution is -2.23. The number of nitrogens with zero attached hydrogens (tertiary/aromatic N) is 1. The van der Waals surface area contributed by atoms with Crippen LogP contribution in [0.2, 0.25) is 0 Å². The maximum Gasteiger partial charge on any atom is 0.213 e. The second-order valence-corrected chi connectivity index (χ2v) is 5.81. The Morgan fingerprint density at radius 3 is 3.05 bits per heavy atom. The Hall–Kier alpha value is -1.75. The maximum atomic E-state index is 5.92. The number of anilines is 1. The molecule has 0 aliphatic carbocycles. The zero-order valence-electron chi connectivity index (χ0n) is 11.8. The van der Waals surface area contributed by atoms with Crippen molar-refractivity contribution in [1.29, 1.82) is 0 Å². The Morgan fingerprint density at radius 1 is 1.38 bits per heavy atom. The van der Waals surface area contributed by atoms with Gasteiger partial charge in [0.1, 0.15) is 11.9 Å². The Kier molecular flexibility index (Phi) is 4.29. The highest BCUT2D eigenvalue weighted by Crippen LogP contribution is 2.31. The average Bonchev–Trinajstić information content (AvgIpc) is 2.89. The van der Waals surface area contributed by atoms with Crippen molar-refractivity contribution in [3.8, 4) is 11.6 Å². The molecule has 1 aliphatic rings. The van der Waals surface area contributed by atoms with Crippen LogP contribution in [0, 0.1) is 0 Å². The van der Waals surface area contributed by atoms with Crippen molar-refractivity contribution in [2.24, 2.45) is 0 Å². The summed E-state index contributed by atoms with van der Waals surface area (Å²) in [5, 5.41) is 3.35. The predicted molar refractivity (Wildman–Crippen MR) is 86.2 cm³/mol. The summed E-state index contributed by atoms with van der Waals surface area (Å²) in [6.45, 7) is 3.33. The number of hydrogen-bond acceptors (Lipinski definition) is 4. The van der Waals surface area contributed by atoms with Crippen LogP contribution in [0.1, 0.15) is 12.5 Å². The van der Waals surface area contributed by atoms with Crippen molar-refractivity contribution in [3.63, 3.8) is 0 Å². The fraction of sp³-hybridized carbons (Fsp3) is 0.312. The Balaban J connectivity index is 1.55. The molecule has 0 saturated carbocycles. The molecule has 0 amide bonds. The molecule has 1 aromatic heterocycles. The predicted octanol–water partition coefficient (Wildman–Crippen LogP) is 3.66. The van der Waals surface area contributed by atoms with Crippen molar-refractivity contribution in [2.75, 3.05) is 18.5 Å². The summed E-state index contributed by atoms with van der Waals surface area (Å²) in [4.78, 5) is 4.23. The van der Waals surface area contributed by atoms with E-state index in [2.05, 4.69) is 32.3 Å². The number of fused-ring (bicyclic) bond motifs is 1. The molecule has 1 atom stereocenters. The van der Waals surface area contributed by atoms with Crippen LogP contribution in [0.4, 0.5) is 5.69 Å². The van der Waals surface area contributed by atoms with Gasteiger partial charge in [0.25, 0.3) is 0 Å². The fourth-order valence-corrected chi connectivity index (χ4v) is 2.76. The minimum atomic E-state index is 0.154. The van der Waals surface area contributed by atoms with Crippen molar-refractivity contribution in [1.82, 2.24) is 4.98 Å². The summed E-state index contributed by atoms with van der Waals surface area (Å²) < 4.78 is 12.3. The van der Waals surface area contributed by atoms with Crippen molar-refractivity contribution >= 4 is 21.6 Å². The van der Waals surface area contributed by atoms with Crippen LogP contribution in [-0.4, -0.2) is 24.2 Å². The molecule has 2 aromatic rings. The molecule has 3 rings (SSSR count). The van der Waals surface area contributed by atoms with E-state index in [1.807, 2.05) is 31.2 Å². The van der Waals surface area contributed by atoms with Crippen LogP contribution in [-0.2, 0) is 6.42 Å². The number of ether oxygens (including phenoxy) is 2. The minimum absolute atomic E-state index is 0.154. The molecule has 1 N–H and O–H groups in total. The highest BCUT2D eigenvalue weighted by atomic mass is 79.9. The van der Waals surface area contributed by atoms with Gasteiger partial charge in [0.15, 0.2) is 0 Å². The van der Waals surface area contributed by atoms with Crippen LogP contribution < -0.4 is 14.8 Å². The fourth-order valence-electron chi connectivity index (χ4n) is 2.35. The Labute approximate surface area is 132 Å². The van der Waals surface area contributed by atoms with Gasteiger partial charge in [-0.25, -0.2) is 4.98 Å².